The number of aromatic nitrogens is 1. The molecule has 1 amide bonds. The Balaban J connectivity index is 2.67. The molecule has 0 spiro atoms. The number of carbonyl (C=O) groups is 1. The van der Waals surface area contributed by atoms with Crippen molar-refractivity contribution in [2.45, 2.75) is 13.0 Å². The van der Waals surface area contributed by atoms with Crippen LogP contribution < -0.4 is 0 Å². The SMILES string of the molecule is CC(c1cc(C(=O)N(C)C)c2ncccc2c1)N(C)C. The van der Waals surface area contributed by atoms with Gasteiger partial charge in [0.25, 0.3) is 5.91 Å². The van der Waals surface area contributed by atoms with Gasteiger partial charge in [-0.3, -0.25) is 9.78 Å². The molecular formula is C16H21N3O. The van der Waals surface area contributed by atoms with Crippen molar-refractivity contribution in [3.63, 3.8) is 0 Å². The van der Waals surface area contributed by atoms with Crippen LogP contribution in [0.2, 0.25) is 0 Å². The van der Waals surface area contributed by atoms with Crippen molar-refractivity contribution < 1.29 is 4.79 Å². The molecule has 0 fully saturated rings. The lowest BCUT2D eigenvalue weighted by molar-refractivity contribution is 0.0829. The van der Waals surface area contributed by atoms with E-state index in [9.17, 15) is 4.79 Å². The van der Waals surface area contributed by atoms with E-state index in [1.807, 2.05) is 32.3 Å². The first-order valence-electron chi connectivity index (χ1n) is 6.68. The molecule has 0 aliphatic carbocycles. The molecule has 2 rings (SSSR count). The molecule has 0 N–H and O–H groups in total. The molecule has 0 bridgehead atoms. The van der Waals surface area contributed by atoms with E-state index >= 15 is 0 Å². The van der Waals surface area contributed by atoms with Gasteiger partial charge >= 0.3 is 0 Å². The van der Waals surface area contributed by atoms with Crippen molar-refractivity contribution >= 4 is 16.8 Å². The molecule has 20 heavy (non-hydrogen) atoms. The van der Waals surface area contributed by atoms with E-state index < -0.39 is 0 Å². The average Bonchev–Trinajstić information content (AvgIpc) is 2.44. The van der Waals surface area contributed by atoms with Crippen LogP contribution in [-0.4, -0.2) is 48.9 Å². The summed E-state index contributed by atoms with van der Waals surface area (Å²) in [6, 6.07) is 8.21. The fraction of sp³-hybridized carbons (Fsp3) is 0.375. The third-order valence-corrected chi connectivity index (χ3v) is 3.62. The summed E-state index contributed by atoms with van der Waals surface area (Å²) in [6.07, 6.45) is 1.73. The van der Waals surface area contributed by atoms with Crippen LogP contribution in [0.1, 0.15) is 28.9 Å². The van der Waals surface area contributed by atoms with E-state index in [-0.39, 0.29) is 11.9 Å². The highest BCUT2D eigenvalue weighted by atomic mass is 16.2. The van der Waals surface area contributed by atoms with Crippen molar-refractivity contribution in [3.05, 3.63) is 41.6 Å². The summed E-state index contributed by atoms with van der Waals surface area (Å²) >= 11 is 0. The highest BCUT2D eigenvalue weighted by Crippen LogP contribution is 2.25. The lowest BCUT2D eigenvalue weighted by Gasteiger charge is -2.22. The fourth-order valence-electron chi connectivity index (χ4n) is 2.16. The van der Waals surface area contributed by atoms with Gasteiger partial charge in [0, 0.05) is 31.7 Å². The zero-order valence-electron chi connectivity index (χ0n) is 12.7. The number of hydrogen-bond acceptors (Lipinski definition) is 3. The van der Waals surface area contributed by atoms with Gasteiger partial charge in [0.15, 0.2) is 0 Å². The van der Waals surface area contributed by atoms with Gasteiger partial charge in [-0.15, -0.1) is 0 Å². The molecule has 1 aromatic carbocycles. The number of rotatable bonds is 3. The molecule has 0 radical (unpaired) electrons. The van der Waals surface area contributed by atoms with Gasteiger partial charge in [-0.2, -0.15) is 0 Å². The van der Waals surface area contributed by atoms with Crippen molar-refractivity contribution in [3.8, 4) is 0 Å². The van der Waals surface area contributed by atoms with Crippen LogP contribution in [0, 0.1) is 0 Å². The van der Waals surface area contributed by atoms with E-state index in [1.54, 1.807) is 25.2 Å². The Bertz CT molecular complexity index is 635. The van der Waals surface area contributed by atoms with E-state index in [2.05, 4.69) is 22.9 Å². The van der Waals surface area contributed by atoms with Gasteiger partial charge in [0.2, 0.25) is 0 Å². The summed E-state index contributed by atoms with van der Waals surface area (Å²) in [5.74, 6) is -0.0125. The Kier molecular flexibility index (Phi) is 4.04. The molecule has 106 valence electrons. The maximum absolute atomic E-state index is 12.4. The first kappa shape index (κ1) is 14.5. The van der Waals surface area contributed by atoms with Crippen LogP contribution in [0.15, 0.2) is 30.5 Å². The van der Waals surface area contributed by atoms with Crippen LogP contribution in [0.3, 0.4) is 0 Å². The summed E-state index contributed by atoms with van der Waals surface area (Å²) in [5, 5.41) is 1.00. The minimum atomic E-state index is -0.0125. The van der Waals surface area contributed by atoms with E-state index in [4.69, 9.17) is 0 Å². The fourth-order valence-corrected chi connectivity index (χ4v) is 2.16. The molecule has 0 saturated heterocycles. The predicted octanol–water partition coefficient (Wildman–Crippen LogP) is 2.56. The van der Waals surface area contributed by atoms with Gasteiger partial charge in [0.1, 0.15) is 0 Å². The molecule has 0 saturated carbocycles. The number of hydrogen-bond donors (Lipinski definition) is 0. The Hall–Kier alpha value is -1.94. The number of pyridine rings is 1. The van der Waals surface area contributed by atoms with E-state index in [0.717, 1.165) is 16.5 Å². The van der Waals surface area contributed by atoms with Gasteiger partial charge < -0.3 is 9.80 Å². The molecule has 1 atom stereocenters. The Labute approximate surface area is 120 Å². The molecule has 0 aliphatic rings. The number of nitrogens with zero attached hydrogens (tertiary/aromatic N) is 3. The van der Waals surface area contributed by atoms with Crippen molar-refractivity contribution in [2.24, 2.45) is 0 Å². The van der Waals surface area contributed by atoms with Crippen molar-refractivity contribution in [2.75, 3.05) is 28.2 Å². The van der Waals surface area contributed by atoms with Gasteiger partial charge in [0.05, 0.1) is 11.1 Å². The second kappa shape index (κ2) is 5.59. The largest absolute Gasteiger partial charge is 0.345 e. The Morgan fingerprint density at radius 3 is 2.50 bits per heavy atom. The molecule has 1 heterocycles. The first-order chi connectivity index (χ1) is 9.41. The third-order valence-electron chi connectivity index (χ3n) is 3.62. The summed E-state index contributed by atoms with van der Waals surface area (Å²) in [5.41, 5.74) is 2.55. The van der Waals surface area contributed by atoms with E-state index in [0.29, 0.717) is 5.56 Å². The summed E-state index contributed by atoms with van der Waals surface area (Å²) in [6.45, 7) is 2.13. The number of amides is 1. The second-order valence-corrected chi connectivity index (χ2v) is 5.48. The van der Waals surface area contributed by atoms with Crippen LogP contribution in [0.4, 0.5) is 0 Å². The van der Waals surface area contributed by atoms with Crippen LogP contribution in [-0.2, 0) is 0 Å². The summed E-state index contributed by atoms with van der Waals surface area (Å²) in [4.78, 5) is 20.5. The lowest BCUT2D eigenvalue weighted by atomic mass is 9.99. The predicted molar refractivity (Wildman–Crippen MR) is 81.9 cm³/mol. The monoisotopic (exact) mass is 271 g/mol. The first-order valence-corrected chi connectivity index (χ1v) is 6.68. The Morgan fingerprint density at radius 2 is 1.90 bits per heavy atom. The maximum Gasteiger partial charge on any atom is 0.255 e. The third kappa shape index (κ3) is 2.65. The zero-order valence-corrected chi connectivity index (χ0v) is 12.7. The van der Waals surface area contributed by atoms with Gasteiger partial charge in [-0.25, -0.2) is 0 Å². The topological polar surface area (TPSA) is 36.4 Å². The molecule has 1 aromatic heterocycles. The van der Waals surface area contributed by atoms with Crippen LogP contribution >= 0.6 is 0 Å². The lowest BCUT2D eigenvalue weighted by Crippen LogP contribution is -2.23. The summed E-state index contributed by atoms with van der Waals surface area (Å²) in [7, 11) is 7.59. The van der Waals surface area contributed by atoms with Crippen molar-refractivity contribution in [1.82, 2.24) is 14.8 Å². The highest BCUT2D eigenvalue weighted by molar-refractivity contribution is 6.05. The molecule has 1 unspecified atom stereocenters. The number of benzene rings is 1. The highest BCUT2D eigenvalue weighted by Gasteiger charge is 2.17. The molecule has 2 aromatic rings. The zero-order chi connectivity index (χ0) is 14.9. The second-order valence-electron chi connectivity index (χ2n) is 5.48. The average molecular weight is 271 g/mol. The molecule has 4 heteroatoms. The van der Waals surface area contributed by atoms with Gasteiger partial charge in [-0.1, -0.05) is 6.07 Å². The van der Waals surface area contributed by atoms with E-state index in [1.165, 1.54) is 0 Å². The maximum atomic E-state index is 12.4. The minimum absolute atomic E-state index is 0.0125. The standard InChI is InChI=1S/C16H21N3O/c1-11(18(2)3)13-9-12-7-6-8-17-15(12)14(10-13)16(20)19(4)5/h6-11H,1-5H3. The Morgan fingerprint density at radius 1 is 1.20 bits per heavy atom. The van der Waals surface area contributed by atoms with Crippen LogP contribution in [0.25, 0.3) is 10.9 Å². The quantitative estimate of drug-likeness (QED) is 0.861. The summed E-state index contributed by atoms with van der Waals surface area (Å²) < 4.78 is 0. The molecule has 0 aliphatic heterocycles. The van der Waals surface area contributed by atoms with Gasteiger partial charge in [-0.05, 0) is 44.8 Å². The minimum Gasteiger partial charge on any atom is -0.345 e. The smallest absolute Gasteiger partial charge is 0.255 e. The number of fused-ring (bicyclic) bond motifs is 1. The normalized spacial score (nSPS) is 12.7. The van der Waals surface area contributed by atoms with Crippen LogP contribution in [0.5, 0.6) is 0 Å². The van der Waals surface area contributed by atoms with Crippen molar-refractivity contribution in [1.29, 1.82) is 0 Å². The molecule has 4 nitrogen and oxygen atoms in total. The molecular weight excluding hydrogens is 250 g/mol. The number of carbonyl (C=O) groups excluding carboxylic acids is 1.